The molecule has 0 heterocycles. The Balaban J connectivity index is 1.52. The Morgan fingerprint density at radius 2 is 1.40 bits per heavy atom. The number of esters is 2. The molecule has 0 fully saturated rings. The van der Waals surface area contributed by atoms with Gasteiger partial charge in [-0.05, 0) is 78.9 Å². The maximum atomic E-state index is 12.8. The van der Waals surface area contributed by atoms with Crippen LogP contribution in [0.25, 0.3) is 0 Å². The van der Waals surface area contributed by atoms with E-state index in [-0.39, 0.29) is 23.9 Å². The molecule has 0 radical (unpaired) electrons. The van der Waals surface area contributed by atoms with E-state index in [0.717, 1.165) is 42.6 Å². The van der Waals surface area contributed by atoms with Gasteiger partial charge in [0.15, 0.2) is 6.29 Å². The van der Waals surface area contributed by atoms with Crippen molar-refractivity contribution in [1.82, 2.24) is 0 Å². The van der Waals surface area contributed by atoms with E-state index in [2.05, 4.69) is 13.8 Å². The van der Waals surface area contributed by atoms with Gasteiger partial charge < -0.3 is 14.2 Å². The highest BCUT2D eigenvalue weighted by atomic mass is 16.5. The Hall–Kier alpha value is -3.93. The molecule has 212 valence electrons. The third-order valence-corrected chi connectivity index (χ3v) is 6.67. The predicted octanol–water partition coefficient (Wildman–Crippen LogP) is 7.73. The van der Waals surface area contributed by atoms with Crippen molar-refractivity contribution in [2.24, 2.45) is 0 Å². The van der Waals surface area contributed by atoms with Crippen molar-refractivity contribution in [3.8, 4) is 11.5 Å². The van der Waals surface area contributed by atoms with Crippen LogP contribution in [-0.4, -0.2) is 31.4 Å². The predicted molar refractivity (Wildman–Crippen MR) is 157 cm³/mol. The average Bonchev–Trinajstić information content (AvgIpc) is 2.96. The molecule has 0 saturated heterocycles. The van der Waals surface area contributed by atoms with E-state index in [9.17, 15) is 14.4 Å². The first kappa shape index (κ1) is 30.6. The van der Waals surface area contributed by atoms with Crippen molar-refractivity contribution in [2.75, 3.05) is 13.2 Å². The molecule has 0 N–H and O–H groups in total. The molecule has 0 aromatic heterocycles. The van der Waals surface area contributed by atoms with Gasteiger partial charge in [0, 0.05) is 6.42 Å². The van der Waals surface area contributed by atoms with Crippen molar-refractivity contribution < 1.29 is 28.6 Å². The van der Waals surface area contributed by atoms with E-state index in [1.807, 2.05) is 19.1 Å². The zero-order valence-electron chi connectivity index (χ0n) is 23.9. The minimum absolute atomic E-state index is 0.166. The first-order valence-electron chi connectivity index (χ1n) is 14.2. The van der Waals surface area contributed by atoms with Gasteiger partial charge in [0.1, 0.15) is 11.5 Å². The lowest BCUT2D eigenvalue weighted by atomic mass is 10.1. The molecule has 6 nitrogen and oxygen atoms in total. The molecule has 0 spiro atoms. The van der Waals surface area contributed by atoms with Crippen LogP contribution in [0.4, 0.5) is 0 Å². The Morgan fingerprint density at radius 3 is 2.10 bits per heavy atom. The maximum absolute atomic E-state index is 12.8. The fourth-order valence-electron chi connectivity index (χ4n) is 4.36. The second kappa shape index (κ2) is 16.2. The summed E-state index contributed by atoms with van der Waals surface area (Å²) in [5.74, 6) is -0.0102. The number of rotatable bonds is 16. The zero-order chi connectivity index (χ0) is 28.7. The molecule has 0 unspecified atom stereocenters. The number of hydrogen-bond acceptors (Lipinski definition) is 6. The summed E-state index contributed by atoms with van der Waals surface area (Å²) in [4.78, 5) is 36.9. The summed E-state index contributed by atoms with van der Waals surface area (Å²) >= 11 is 0. The molecule has 0 aliphatic rings. The summed E-state index contributed by atoms with van der Waals surface area (Å²) < 4.78 is 16.8. The molecule has 3 aromatic rings. The summed E-state index contributed by atoms with van der Waals surface area (Å²) in [5, 5.41) is 0. The Morgan fingerprint density at radius 1 is 0.700 bits per heavy atom. The molecular weight excluding hydrogens is 504 g/mol. The lowest BCUT2D eigenvalue weighted by molar-refractivity contribution is 0.0508. The summed E-state index contributed by atoms with van der Waals surface area (Å²) in [6.07, 6.45) is 8.92. The van der Waals surface area contributed by atoms with Crippen molar-refractivity contribution in [3.63, 3.8) is 0 Å². The lowest BCUT2D eigenvalue weighted by Crippen LogP contribution is -2.11. The average molecular weight is 545 g/mol. The van der Waals surface area contributed by atoms with E-state index in [4.69, 9.17) is 14.2 Å². The number of ether oxygens (including phenoxy) is 3. The fourth-order valence-corrected chi connectivity index (χ4v) is 4.36. The number of hydrogen-bond donors (Lipinski definition) is 0. The highest BCUT2D eigenvalue weighted by Crippen LogP contribution is 2.23. The SMILES string of the molecule is CCCCCCCOc1ccc(C(=O)Oc2ccc(CCOC(=O)c3ccc(CCC)cc3)cc2C=O)cc1C. The fraction of sp³-hybridized carbons (Fsp3) is 0.382. The van der Waals surface area contributed by atoms with Crippen molar-refractivity contribution >= 4 is 18.2 Å². The van der Waals surface area contributed by atoms with Gasteiger partial charge in [-0.2, -0.15) is 0 Å². The van der Waals surface area contributed by atoms with Gasteiger partial charge >= 0.3 is 11.9 Å². The first-order valence-corrected chi connectivity index (χ1v) is 14.2. The Bertz CT molecular complexity index is 1260. The van der Waals surface area contributed by atoms with Crippen LogP contribution in [0.1, 0.15) is 100 Å². The van der Waals surface area contributed by atoms with Gasteiger partial charge in [-0.15, -0.1) is 0 Å². The molecule has 0 atom stereocenters. The van der Waals surface area contributed by atoms with Crippen molar-refractivity contribution in [2.45, 2.75) is 72.1 Å². The van der Waals surface area contributed by atoms with E-state index >= 15 is 0 Å². The largest absolute Gasteiger partial charge is 0.493 e. The number of benzene rings is 3. The topological polar surface area (TPSA) is 78.9 Å². The molecule has 3 aromatic carbocycles. The Labute approximate surface area is 237 Å². The third kappa shape index (κ3) is 9.37. The van der Waals surface area contributed by atoms with Gasteiger partial charge in [-0.3, -0.25) is 4.79 Å². The minimum Gasteiger partial charge on any atom is -0.493 e. The van der Waals surface area contributed by atoms with Gasteiger partial charge in [0.2, 0.25) is 0 Å². The van der Waals surface area contributed by atoms with Crippen LogP contribution in [0.15, 0.2) is 60.7 Å². The number of carbonyl (C=O) groups is 3. The van der Waals surface area contributed by atoms with Crippen LogP contribution in [-0.2, 0) is 17.6 Å². The smallest absolute Gasteiger partial charge is 0.343 e. The monoisotopic (exact) mass is 544 g/mol. The van der Waals surface area contributed by atoms with Crippen LogP contribution in [0.5, 0.6) is 11.5 Å². The van der Waals surface area contributed by atoms with E-state index in [1.54, 1.807) is 48.5 Å². The zero-order valence-corrected chi connectivity index (χ0v) is 23.9. The van der Waals surface area contributed by atoms with Crippen LogP contribution in [0, 0.1) is 6.92 Å². The highest BCUT2D eigenvalue weighted by Gasteiger charge is 2.15. The first-order chi connectivity index (χ1) is 19.4. The minimum atomic E-state index is -0.552. The molecule has 40 heavy (non-hydrogen) atoms. The summed E-state index contributed by atoms with van der Waals surface area (Å²) in [7, 11) is 0. The number of unbranched alkanes of at least 4 members (excludes halogenated alkanes) is 4. The van der Waals surface area contributed by atoms with E-state index < -0.39 is 5.97 Å². The molecule has 0 amide bonds. The quantitative estimate of drug-likeness (QED) is 0.0795. The number of carbonyl (C=O) groups excluding carboxylic acids is 3. The standard InChI is InChI=1S/C34H40O6/c1-4-6-7-8-9-20-38-31-18-16-29(22-25(31)3)34(37)40-32-17-13-27(23-30(32)24-35)19-21-39-33(36)28-14-11-26(10-5-2)12-15-28/h11-18,22-24H,4-10,19-21H2,1-3H3. The highest BCUT2D eigenvalue weighted by molar-refractivity contribution is 5.93. The van der Waals surface area contributed by atoms with Crippen LogP contribution >= 0.6 is 0 Å². The van der Waals surface area contributed by atoms with Crippen molar-refractivity contribution in [1.29, 1.82) is 0 Å². The van der Waals surface area contributed by atoms with Crippen LogP contribution in [0.2, 0.25) is 0 Å². The van der Waals surface area contributed by atoms with Gasteiger partial charge in [-0.25, -0.2) is 9.59 Å². The lowest BCUT2D eigenvalue weighted by Gasteiger charge is -2.12. The molecule has 0 aliphatic carbocycles. The second-order valence-corrected chi connectivity index (χ2v) is 9.96. The summed E-state index contributed by atoms with van der Waals surface area (Å²) in [6.45, 7) is 7.01. The van der Waals surface area contributed by atoms with Crippen LogP contribution < -0.4 is 9.47 Å². The normalized spacial score (nSPS) is 10.7. The molecule has 0 bridgehead atoms. The van der Waals surface area contributed by atoms with E-state index in [1.165, 1.54) is 24.8 Å². The molecule has 0 saturated carbocycles. The van der Waals surface area contributed by atoms with Gasteiger partial charge in [0.05, 0.1) is 29.9 Å². The van der Waals surface area contributed by atoms with Gasteiger partial charge in [0.25, 0.3) is 0 Å². The molecule has 6 heteroatoms. The third-order valence-electron chi connectivity index (χ3n) is 6.67. The van der Waals surface area contributed by atoms with Gasteiger partial charge in [-0.1, -0.05) is 64.2 Å². The molecule has 0 aliphatic heterocycles. The number of aldehydes is 1. The second-order valence-electron chi connectivity index (χ2n) is 9.96. The van der Waals surface area contributed by atoms with Crippen molar-refractivity contribution in [3.05, 3.63) is 94.0 Å². The Kier molecular flexibility index (Phi) is 12.4. The van der Waals surface area contributed by atoms with E-state index in [0.29, 0.717) is 30.4 Å². The summed E-state index contributed by atoms with van der Waals surface area (Å²) in [5.41, 5.74) is 3.96. The molecule has 3 rings (SSSR count). The number of aryl methyl sites for hydroxylation is 2. The molecular formula is C34H40O6. The maximum Gasteiger partial charge on any atom is 0.343 e. The van der Waals surface area contributed by atoms with Crippen LogP contribution in [0.3, 0.4) is 0 Å². The summed E-state index contributed by atoms with van der Waals surface area (Å²) in [6, 6.07) is 17.6.